The van der Waals surface area contributed by atoms with Crippen molar-refractivity contribution in [2.45, 2.75) is 46.0 Å². The summed E-state index contributed by atoms with van der Waals surface area (Å²) >= 11 is 0. The maximum Gasteiger partial charge on any atom is 0.311 e. The molecule has 1 aromatic heterocycles. The van der Waals surface area contributed by atoms with E-state index in [0.717, 1.165) is 0 Å². The Hall–Kier alpha value is -3.00. The van der Waals surface area contributed by atoms with Crippen LogP contribution in [0, 0.1) is 12.3 Å². The van der Waals surface area contributed by atoms with Crippen molar-refractivity contribution in [2.24, 2.45) is 11.1 Å². The number of aliphatic hydroxyl groups excluding tert-OH is 1. The Morgan fingerprint density at radius 2 is 1.73 bits per heavy atom. The van der Waals surface area contributed by atoms with Gasteiger partial charge in [-0.2, -0.15) is 0 Å². The van der Waals surface area contributed by atoms with Crippen LogP contribution in [0.1, 0.15) is 44.7 Å². The topological polar surface area (TPSA) is 135 Å². The Kier molecular flexibility index (Phi) is 6.82. The molecule has 0 aliphatic rings. The summed E-state index contributed by atoms with van der Waals surface area (Å²) in [6, 6.07) is 8.70. The predicted octanol–water partition coefficient (Wildman–Crippen LogP) is 2.28. The molecule has 1 amide bonds. The van der Waals surface area contributed by atoms with E-state index in [2.05, 4.69) is 0 Å². The molecule has 0 fully saturated rings. The first kappa shape index (κ1) is 23.3. The van der Waals surface area contributed by atoms with E-state index in [1.165, 1.54) is 4.57 Å². The number of aliphatic hydroxyl groups is 1. The summed E-state index contributed by atoms with van der Waals surface area (Å²) in [5, 5.41) is 30.7. The lowest BCUT2D eigenvalue weighted by molar-refractivity contribution is -0.158. The van der Waals surface area contributed by atoms with Gasteiger partial charge in [0.25, 0.3) is 0 Å². The van der Waals surface area contributed by atoms with Crippen LogP contribution in [-0.2, 0) is 19.7 Å². The van der Waals surface area contributed by atoms with Crippen LogP contribution in [0.3, 0.4) is 0 Å². The number of carbonyl (C=O) groups excluding carboxylic acids is 2. The first-order valence-electron chi connectivity index (χ1n) is 9.80. The van der Waals surface area contributed by atoms with Crippen LogP contribution in [0.25, 0.3) is 5.69 Å². The first-order chi connectivity index (χ1) is 14.0. The summed E-state index contributed by atoms with van der Waals surface area (Å²) in [5.41, 5.74) is 4.14. The minimum absolute atomic E-state index is 0.0528. The molecule has 5 N–H and O–H groups in total. The summed E-state index contributed by atoms with van der Waals surface area (Å²) < 4.78 is 6.34. The van der Waals surface area contributed by atoms with Crippen molar-refractivity contribution in [1.29, 1.82) is 0 Å². The average molecular weight is 418 g/mol. The second-order valence-electron chi connectivity index (χ2n) is 7.97. The fourth-order valence-corrected chi connectivity index (χ4v) is 3.87. The van der Waals surface area contributed by atoms with E-state index in [-0.39, 0.29) is 37.0 Å². The average Bonchev–Trinajstić information content (AvgIpc) is 2.95. The summed E-state index contributed by atoms with van der Waals surface area (Å²) in [7, 11) is 0. The molecule has 0 saturated carbocycles. The second-order valence-corrected chi connectivity index (χ2v) is 7.97. The standard InChI is InChI=1S/C22H30N2O6/c1-5-21(3,20(29)30-12-11-25)13-22(4,19(23)28)16-14(2)17(26)24(18(16)27)15-9-7-6-8-10-15/h6-10,25-27H,5,11-13H2,1-4H3,(H2,23,28). The van der Waals surface area contributed by atoms with E-state index in [9.17, 15) is 19.8 Å². The largest absolute Gasteiger partial charge is 0.494 e. The molecular weight excluding hydrogens is 388 g/mol. The molecule has 2 rings (SSSR count). The molecular formula is C22H30N2O6. The number of aromatic hydroxyl groups is 2. The highest BCUT2D eigenvalue weighted by Gasteiger charge is 2.48. The van der Waals surface area contributed by atoms with Crippen LogP contribution in [0.4, 0.5) is 0 Å². The molecule has 0 bridgehead atoms. The van der Waals surface area contributed by atoms with Crippen LogP contribution in [0.2, 0.25) is 0 Å². The molecule has 1 aromatic carbocycles. The summed E-state index contributed by atoms with van der Waals surface area (Å²) in [6.07, 6.45) is 0.286. The summed E-state index contributed by atoms with van der Waals surface area (Å²) in [4.78, 5) is 25.3. The lowest BCUT2D eigenvalue weighted by Gasteiger charge is -2.36. The van der Waals surface area contributed by atoms with E-state index < -0.39 is 22.7 Å². The zero-order chi connectivity index (χ0) is 22.7. The van der Waals surface area contributed by atoms with Gasteiger partial charge in [0.15, 0.2) is 0 Å². The normalized spacial score (nSPS) is 15.2. The van der Waals surface area contributed by atoms with Gasteiger partial charge in [-0.3, -0.25) is 14.2 Å². The molecule has 164 valence electrons. The predicted molar refractivity (Wildman–Crippen MR) is 111 cm³/mol. The number of primary amides is 1. The van der Waals surface area contributed by atoms with Gasteiger partial charge in [-0.05, 0) is 45.7 Å². The number of benzene rings is 1. The molecule has 0 spiro atoms. The summed E-state index contributed by atoms with van der Waals surface area (Å²) in [6.45, 7) is 6.08. The van der Waals surface area contributed by atoms with E-state index in [4.69, 9.17) is 15.6 Å². The van der Waals surface area contributed by atoms with Gasteiger partial charge in [-0.15, -0.1) is 0 Å². The molecule has 8 heteroatoms. The number of ether oxygens (including phenoxy) is 1. The minimum atomic E-state index is -1.48. The van der Waals surface area contributed by atoms with E-state index in [1.807, 2.05) is 0 Å². The minimum Gasteiger partial charge on any atom is -0.494 e. The number of nitrogens with two attached hydrogens (primary N) is 1. The maximum absolute atomic E-state index is 12.6. The number of hydrogen-bond acceptors (Lipinski definition) is 6. The second kappa shape index (κ2) is 8.79. The van der Waals surface area contributed by atoms with Gasteiger partial charge < -0.3 is 25.8 Å². The number of rotatable bonds is 9. The van der Waals surface area contributed by atoms with Crippen molar-refractivity contribution in [2.75, 3.05) is 13.2 Å². The molecule has 2 aromatic rings. The number of aromatic nitrogens is 1. The molecule has 2 unspecified atom stereocenters. The molecule has 1 heterocycles. The molecule has 0 aliphatic heterocycles. The third kappa shape index (κ3) is 4.00. The number of para-hydroxylation sites is 1. The summed E-state index contributed by atoms with van der Waals surface area (Å²) in [5.74, 6) is -1.86. The third-order valence-electron chi connectivity index (χ3n) is 5.81. The van der Waals surface area contributed by atoms with Crippen LogP contribution >= 0.6 is 0 Å². The van der Waals surface area contributed by atoms with Gasteiger partial charge in [-0.25, -0.2) is 0 Å². The quantitative estimate of drug-likeness (QED) is 0.462. The Labute approximate surface area is 175 Å². The van der Waals surface area contributed by atoms with Gasteiger partial charge in [0, 0.05) is 11.1 Å². The Morgan fingerprint density at radius 3 is 2.23 bits per heavy atom. The van der Waals surface area contributed by atoms with Crippen LogP contribution in [-0.4, -0.2) is 45.0 Å². The Morgan fingerprint density at radius 1 is 1.13 bits per heavy atom. The fourth-order valence-electron chi connectivity index (χ4n) is 3.87. The highest BCUT2D eigenvalue weighted by atomic mass is 16.5. The van der Waals surface area contributed by atoms with Gasteiger partial charge in [-0.1, -0.05) is 25.1 Å². The maximum atomic E-state index is 12.6. The van der Waals surface area contributed by atoms with Gasteiger partial charge in [0.2, 0.25) is 17.7 Å². The van der Waals surface area contributed by atoms with Crippen LogP contribution < -0.4 is 5.73 Å². The molecule has 30 heavy (non-hydrogen) atoms. The molecule has 0 saturated heterocycles. The number of hydrogen-bond donors (Lipinski definition) is 4. The number of amides is 1. The molecule has 0 radical (unpaired) electrons. The smallest absolute Gasteiger partial charge is 0.311 e. The van der Waals surface area contributed by atoms with Crippen molar-refractivity contribution in [3.63, 3.8) is 0 Å². The SMILES string of the molecule is CCC(C)(CC(C)(C(N)=O)c1c(C)c(O)n(-c2ccccc2)c1O)C(=O)OCCO. The Bertz CT molecular complexity index is 923. The highest BCUT2D eigenvalue weighted by Crippen LogP contribution is 2.48. The third-order valence-corrected chi connectivity index (χ3v) is 5.81. The fraction of sp³-hybridized carbons (Fsp3) is 0.455. The van der Waals surface area contributed by atoms with E-state index in [1.54, 1.807) is 58.0 Å². The van der Waals surface area contributed by atoms with Crippen molar-refractivity contribution in [3.05, 3.63) is 41.5 Å². The number of nitrogens with zero attached hydrogens (tertiary/aromatic N) is 1. The first-order valence-corrected chi connectivity index (χ1v) is 9.80. The van der Waals surface area contributed by atoms with Crippen molar-refractivity contribution >= 4 is 11.9 Å². The van der Waals surface area contributed by atoms with Gasteiger partial charge >= 0.3 is 5.97 Å². The zero-order valence-electron chi connectivity index (χ0n) is 17.8. The van der Waals surface area contributed by atoms with E-state index in [0.29, 0.717) is 17.7 Å². The molecule has 2 atom stereocenters. The van der Waals surface area contributed by atoms with Crippen molar-refractivity contribution < 1.29 is 29.6 Å². The highest BCUT2D eigenvalue weighted by molar-refractivity contribution is 5.89. The molecule has 0 aliphatic carbocycles. The van der Waals surface area contributed by atoms with Crippen molar-refractivity contribution in [1.82, 2.24) is 4.57 Å². The molecule has 8 nitrogen and oxygen atoms in total. The van der Waals surface area contributed by atoms with Crippen molar-refractivity contribution in [3.8, 4) is 17.4 Å². The van der Waals surface area contributed by atoms with Crippen LogP contribution in [0.15, 0.2) is 30.3 Å². The van der Waals surface area contributed by atoms with Crippen LogP contribution in [0.5, 0.6) is 11.8 Å². The monoisotopic (exact) mass is 418 g/mol. The zero-order valence-corrected chi connectivity index (χ0v) is 17.8. The van der Waals surface area contributed by atoms with Gasteiger partial charge in [0.05, 0.1) is 23.1 Å². The Balaban J connectivity index is 2.62. The lowest BCUT2D eigenvalue weighted by atomic mass is 9.67. The van der Waals surface area contributed by atoms with Gasteiger partial charge in [0.1, 0.15) is 6.61 Å². The van der Waals surface area contributed by atoms with E-state index >= 15 is 0 Å². The lowest BCUT2D eigenvalue weighted by Crippen LogP contribution is -2.45. The number of carbonyl (C=O) groups is 2. The number of esters is 1.